The third kappa shape index (κ3) is 4.97. The third-order valence-corrected chi connectivity index (χ3v) is 5.78. The fourth-order valence-electron chi connectivity index (χ4n) is 2.54. The molecule has 0 fully saturated rings. The minimum Gasteiger partial charge on any atom is -0.451 e. The summed E-state index contributed by atoms with van der Waals surface area (Å²) < 4.78 is 45.5. The van der Waals surface area contributed by atoms with E-state index in [9.17, 15) is 27.6 Å². The van der Waals surface area contributed by atoms with Gasteiger partial charge in [-0.15, -0.1) is 11.3 Å². The summed E-state index contributed by atoms with van der Waals surface area (Å²) in [6.45, 7) is 0.635. The van der Waals surface area contributed by atoms with Crippen molar-refractivity contribution >= 4 is 56.5 Å². The number of fused-ring (bicyclic) bond motifs is 1. The molecule has 3 rings (SSSR count). The average Bonchev–Trinajstić information content (AvgIpc) is 3.09. The van der Waals surface area contributed by atoms with Crippen molar-refractivity contribution in [2.75, 3.05) is 11.9 Å². The number of amides is 2. The van der Waals surface area contributed by atoms with Crippen LogP contribution in [0.1, 0.15) is 16.6 Å². The van der Waals surface area contributed by atoms with Crippen LogP contribution in [0.5, 0.6) is 0 Å². The van der Waals surface area contributed by atoms with Crippen LogP contribution in [0.4, 0.5) is 18.9 Å². The molecule has 0 radical (unpaired) electrons. The zero-order valence-corrected chi connectivity index (χ0v) is 17.4. The van der Waals surface area contributed by atoms with Gasteiger partial charge in [-0.2, -0.15) is 0 Å². The van der Waals surface area contributed by atoms with Crippen LogP contribution >= 0.6 is 22.9 Å². The van der Waals surface area contributed by atoms with Gasteiger partial charge in [0.15, 0.2) is 23.6 Å². The van der Waals surface area contributed by atoms with Gasteiger partial charge in [0, 0.05) is 10.1 Å². The van der Waals surface area contributed by atoms with Gasteiger partial charge in [0.05, 0.1) is 10.7 Å². The second kappa shape index (κ2) is 9.36. The normalized spacial score (nSPS) is 11.8. The summed E-state index contributed by atoms with van der Waals surface area (Å²) in [5, 5.41) is 5.30. The van der Waals surface area contributed by atoms with Gasteiger partial charge in [-0.05, 0) is 25.1 Å². The summed E-state index contributed by atoms with van der Waals surface area (Å²) in [5.74, 6) is -7.26. The summed E-state index contributed by atoms with van der Waals surface area (Å²) in [6, 6.07) is 8.60. The Labute approximate surface area is 182 Å². The van der Waals surface area contributed by atoms with Crippen LogP contribution < -0.4 is 10.6 Å². The maximum absolute atomic E-state index is 13.6. The number of hydrogen-bond donors (Lipinski definition) is 2. The molecule has 31 heavy (non-hydrogen) atoms. The van der Waals surface area contributed by atoms with E-state index in [-0.39, 0.29) is 9.90 Å². The van der Waals surface area contributed by atoms with Crippen LogP contribution in [-0.4, -0.2) is 30.4 Å². The lowest BCUT2D eigenvalue weighted by atomic mass is 10.2. The lowest BCUT2D eigenvalue weighted by molar-refractivity contribution is -0.152. The molecule has 0 spiro atoms. The molecule has 162 valence electrons. The zero-order valence-electron chi connectivity index (χ0n) is 15.8. The molecule has 0 aliphatic rings. The Balaban J connectivity index is 1.55. The standard InChI is InChI=1S/C20H14ClF3N2O4S/c1-9(19(28)26-12-7-6-11(22)16(23)17(12)24)30-14(27)8-25-20(29)18-15(21)10-4-2-3-5-13(10)31-18/h2-7,9H,8H2,1H3,(H,25,29)(H,26,28). The third-order valence-electron chi connectivity index (χ3n) is 4.10. The van der Waals surface area contributed by atoms with Gasteiger partial charge in [0.1, 0.15) is 11.4 Å². The van der Waals surface area contributed by atoms with Crippen molar-refractivity contribution in [2.45, 2.75) is 13.0 Å². The van der Waals surface area contributed by atoms with Crippen LogP contribution in [0, 0.1) is 17.5 Å². The largest absolute Gasteiger partial charge is 0.451 e. The molecule has 1 aromatic heterocycles. The second-order valence-corrected chi connectivity index (χ2v) is 7.70. The van der Waals surface area contributed by atoms with Crippen molar-refractivity contribution in [3.8, 4) is 0 Å². The van der Waals surface area contributed by atoms with E-state index >= 15 is 0 Å². The molecule has 2 N–H and O–H groups in total. The Bertz CT molecular complexity index is 1180. The summed E-state index contributed by atoms with van der Waals surface area (Å²) in [6.07, 6.45) is -1.40. The summed E-state index contributed by atoms with van der Waals surface area (Å²) in [5.41, 5.74) is -0.612. The van der Waals surface area contributed by atoms with E-state index in [0.717, 1.165) is 22.1 Å². The molecular weight excluding hydrogens is 457 g/mol. The lowest BCUT2D eigenvalue weighted by Crippen LogP contribution is -2.35. The number of nitrogens with one attached hydrogen (secondary N) is 2. The first kappa shape index (κ1) is 22.6. The molecule has 0 bridgehead atoms. The Morgan fingerprint density at radius 3 is 2.52 bits per heavy atom. The highest BCUT2D eigenvalue weighted by molar-refractivity contribution is 7.21. The minimum atomic E-state index is -1.75. The number of thiophene rings is 1. The topological polar surface area (TPSA) is 84.5 Å². The highest BCUT2D eigenvalue weighted by Crippen LogP contribution is 2.34. The fourth-order valence-corrected chi connectivity index (χ4v) is 3.98. The Morgan fingerprint density at radius 2 is 1.81 bits per heavy atom. The van der Waals surface area contributed by atoms with Crippen LogP contribution in [-0.2, 0) is 14.3 Å². The predicted molar refractivity (Wildman–Crippen MR) is 110 cm³/mol. The quantitative estimate of drug-likeness (QED) is 0.416. The molecule has 0 saturated heterocycles. The SMILES string of the molecule is CC(OC(=O)CNC(=O)c1sc2ccccc2c1Cl)C(=O)Nc1ccc(F)c(F)c1F. The van der Waals surface area contributed by atoms with E-state index in [0.29, 0.717) is 11.5 Å². The predicted octanol–water partition coefficient (Wildman–Crippen LogP) is 4.27. The number of esters is 1. The van der Waals surface area contributed by atoms with Gasteiger partial charge in [-0.3, -0.25) is 14.4 Å². The first-order valence-electron chi connectivity index (χ1n) is 8.78. The van der Waals surface area contributed by atoms with Gasteiger partial charge in [-0.1, -0.05) is 29.8 Å². The fraction of sp³-hybridized carbons (Fsp3) is 0.150. The Kier molecular flexibility index (Phi) is 6.81. The summed E-state index contributed by atoms with van der Waals surface area (Å²) >= 11 is 7.36. The molecule has 11 heteroatoms. The number of halogens is 4. The molecule has 1 atom stereocenters. The Hall–Kier alpha value is -3.11. The van der Waals surface area contributed by atoms with Gasteiger partial charge >= 0.3 is 5.97 Å². The van der Waals surface area contributed by atoms with Gasteiger partial charge in [0.25, 0.3) is 11.8 Å². The number of carbonyl (C=O) groups excluding carboxylic acids is 3. The van der Waals surface area contributed by atoms with E-state index in [2.05, 4.69) is 5.32 Å². The number of hydrogen-bond acceptors (Lipinski definition) is 5. The molecule has 1 unspecified atom stereocenters. The minimum absolute atomic E-state index is 0.218. The highest BCUT2D eigenvalue weighted by atomic mass is 35.5. The van der Waals surface area contributed by atoms with Crippen LogP contribution in [0.25, 0.3) is 10.1 Å². The molecular formula is C20H14ClF3N2O4S. The van der Waals surface area contributed by atoms with E-state index in [1.165, 1.54) is 6.92 Å². The maximum Gasteiger partial charge on any atom is 0.326 e. The molecule has 1 heterocycles. The summed E-state index contributed by atoms with van der Waals surface area (Å²) in [4.78, 5) is 36.5. The van der Waals surface area contributed by atoms with Crippen molar-refractivity contribution in [1.29, 1.82) is 0 Å². The van der Waals surface area contributed by atoms with Crippen LogP contribution in [0.15, 0.2) is 36.4 Å². The number of benzene rings is 2. The van der Waals surface area contributed by atoms with Crippen molar-refractivity contribution in [2.24, 2.45) is 0 Å². The van der Waals surface area contributed by atoms with E-state index < -0.39 is 53.6 Å². The maximum atomic E-state index is 13.6. The summed E-state index contributed by atoms with van der Waals surface area (Å²) in [7, 11) is 0. The van der Waals surface area contributed by atoms with Gasteiger partial charge in [-0.25, -0.2) is 13.2 Å². The van der Waals surface area contributed by atoms with E-state index in [4.69, 9.17) is 16.3 Å². The average molecular weight is 471 g/mol. The lowest BCUT2D eigenvalue weighted by Gasteiger charge is -2.14. The number of ether oxygens (including phenoxy) is 1. The van der Waals surface area contributed by atoms with Crippen molar-refractivity contribution in [1.82, 2.24) is 5.32 Å². The van der Waals surface area contributed by atoms with Crippen LogP contribution in [0.2, 0.25) is 5.02 Å². The van der Waals surface area contributed by atoms with E-state index in [1.54, 1.807) is 24.3 Å². The molecule has 2 amide bonds. The van der Waals surface area contributed by atoms with Gasteiger partial charge in [0.2, 0.25) is 0 Å². The first-order valence-corrected chi connectivity index (χ1v) is 9.97. The van der Waals surface area contributed by atoms with Crippen LogP contribution in [0.3, 0.4) is 0 Å². The van der Waals surface area contributed by atoms with E-state index in [1.807, 2.05) is 5.32 Å². The smallest absolute Gasteiger partial charge is 0.326 e. The molecule has 2 aromatic carbocycles. The first-order chi connectivity index (χ1) is 14.7. The molecule has 6 nitrogen and oxygen atoms in total. The molecule has 0 saturated carbocycles. The van der Waals surface area contributed by atoms with Crippen molar-refractivity contribution in [3.63, 3.8) is 0 Å². The number of carbonyl (C=O) groups is 3. The van der Waals surface area contributed by atoms with Gasteiger partial charge < -0.3 is 15.4 Å². The number of rotatable bonds is 6. The molecule has 0 aliphatic carbocycles. The second-order valence-electron chi connectivity index (χ2n) is 6.27. The van der Waals surface area contributed by atoms with Crippen molar-refractivity contribution < 1.29 is 32.3 Å². The molecule has 0 aliphatic heterocycles. The zero-order chi connectivity index (χ0) is 22.7. The van der Waals surface area contributed by atoms with Crippen molar-refractivity contribution in [3.05, 3.63) is 63.7 Å². The monoisotopic (exact) mass is 470 g/mol. The number of anilines is 1. The highest BCUT2D eigenvalue weighted by Gasteiger charge is 2.22. The Morgan fingerprint density at radius 1 is 1.10 bits per heavy atom. The molecule has 3 aromatic rings.